The highest BCUT2D eigenvalue weighted by molar-refractivity contribution is 6.04. The van der Waals surface area contributed by atoms with Crippen molar-refractivity contribution in [3.8, 4) is 22.3 Å². The molecule has 5 aromatic rings. The van der Waals surface area contributed by atoms with Gasteiger partial charge >= 0.3 is 0 Å². The van der Waals surface area contributed by atoms with Crippen molar-refractivity contribution in [3.05, 3.63) is 85.2 Å². The van der Waals surface area contributed by atoms with Gasteiger partial charge in [-0.2, -0.15) is 0 Å². The van der Waals surface area contributed by atoms with Crippen LogP contribution in [0.15, 0.2) is 85.2 Å². The van der Waals surface area contributed by atoms with Crippen molar-refractivity contribution in [2.45, 2.75) is 0 Å². The van der Waals surface area contributed by atoms with Crippen LogP contribution in [0.1, 0.15) is 0 Å². The minimum Gasteiger partial charge on any atom is -0.399 e. The Bertz CT molecular complexity index is 1200. The van der Waals surface area contributed by atoms with E-state index in [1.165, 1.54) is 0 Å². The van der Waals surface area contributed by atoms with Crippen LogP contribution in [0, 0.1) is 0 Å². The summed E-state index contributed by atoms with van der Waals surface area (Å²) in [6.45, 7) is 0. The van der Waals surface area contributed by atoms with E-state index in [1.54, 1.807) is 0 Å². The van der Waals surface area contributed by atoms with Gasteiger partial charge < -0.3 is 11.5 Å². The fourth-order valence-electron chi connectivity index (χ4n) is 3.46. The fourth-order valence-corrected chi connectivity index (χ4v) is 3.46. The zero-order valence-corrected chi connectivity index (χ0v) is 15.1. The van der Waals surface area contributed by atoms with E-state index in [1.807, 2.05) is 60.9 Å². The Morgan fingerprint density at radius 2 is 0.857 bits per heavy atom. The molecule has 4 N–H and O–H groups in total. The quantitative estimate of drug-likeness (QED) is 0.331. The van der Waals surface area contributed by atoms with E-state index < -0.39 is 0 Å². The van der Waals surface area contributed by atoms with Crippen LogP contribution >= 0.6 is 0 Å². The second-order valence-corrected chi connectivity index (χ2v) is 6.90. The van der Waals surface area contributed by atoms with Gasteiger partial charge in [0.25, 0.3) is 0 Å². The van der Waals surface area contributed by atoms with Gasteiger partial charge in [0.15, 0.2) is 0 Å². The molecule has 0 unspecified atom stereocenters. The molecule has 0 saturated heterocycles. The molecule has 2 aromatic heterocycles. The smallest absolute Gasteiger partial charge is 0.0965 e. The van der Waals surface area contributed by atoms with Crippen molar-refractivity contribution in [3.63, 3.8) is 0 Å². The number of aromatic nitrogens is 2. The molecule has 0 bridgehead atoms. The van der Waals surface area contributed by atoms with Gasteiger partial charge in [0.1, 0.15) is 0 Å². The molecule has 0 spiro atoms. The van der Waals surface area contributed by atoms with E-state index in [9.17, 15) is 0 Å². The van der Waals surface area contributed by atoms with Crippen molar-refractivity contribution in [2.24, 2.45) is 0 Å². The van der Waals surface area contributed by atoms with E-state index in [4.69, 9.17) is 21.4 Å². The number of hydrogen-bond acceptors (Lipinski definition) is 4. The van der Waals surface area contributed by atoms with Crippen molar-refractivity contribution in [2.75, 3.05) is 11.5 Å². The Morgan fingerprint density at radius 3 is 1.25 bits per heavy atom. The van der Waals surface area contributed by atoms with Crippen LogP contribution in [-0.4, -0.2) is 9.97 Å². The second kappa shape index (κ2) is 6.35. The van der Waals surface area contributed by atoms with Gasteiger partial charge in [-0.3, -0.25) is 9.97 Å². The minimum atomic E-state index is 0.754. The Kier molecular flexibility index (Phi) is 3.69. The number of benzene rings is 3. The molecule has 2 heterocycles. The van der Waals surface area contributed by atoms with Crippen LogP contribution in [0.3, 0.4) is 0 Å². The van der Waals surface area contributed by atoms with E-state index in [0.29, 0.717) is 0 Å². The van der Waals surface area contributed by atoms with Crippen LogP contribution in [-0.2, 0) is 0 Å². The Morgan fingerprint density at radius 1 is 0.464 bits per heavy atom. The van der Waals surface area contributed by atoms with Gasteiger partial charge in [0.2, 0.25) is 0 Å². The average molecular weight is 362 g/mol. The van der Waals surface area contributed by atoms with Gasteiger partial charge in [0.05, 0.1) is 11.0 Å². The lowest BCUT2D eigenvalue weighted by Gasteiger charge is -2.08. The van der Waals surface area contributed by atoms with Gasteiger partial charge in [-0.25, -0.2) is 0 Å². The Balaban J connectivity index is 1.61. The number of anilines is 2. The summed E-state index contributed by atoms with van der Waals surface area (Å²) in [6, 6.07) is 24.1. The average Bonchev–Trinajstić information content (AvgIpc) is 2.74. The number of fused-ring (bicyclic) bond motifs is 3. The lowest BCUT2D eigenvalue weighted by Crippen LogP contribution is -1.89. The molecular formula is C24H18N4. The maximum Gasteiger partial charge on any atom is 0.0965 e. The van der Waals surface area contributed by atoms with Crippen LogP contribution < -0.4 is 11.5 Å². The molecule has 4 heteroatoms. The molecule has 0 aliphatic carbocycles. The molecule has 0 radical (unpaired) electrons. The first-order chi connectivity index (χ1) is 13.7. The maximum atomic E-state index is 5.79. The number of hydrogen-bond donors (Lipinski definition) is 2. The van der Waals surface area contributed by atoms with Crippen molar-refractivity contribution in [1.29, 1.82) is 0 Å². The van der Waals surface area contributed by atoms with E-state index in [-0.39, 0.29) is 0 Å². The number of nitrogens with zero attached hydrogens (tertiary/aromatic N) is 2. The second-order valence-electron chi connectivity index (χ2n) is 6.90. The normalized spacial score (nSPS) is 11.1. The molecule has 0 amide bonds. The molecule has 3 aromatic carbocycles. The maximum absolute atomic E-state index is 5.79. The summed E-state index contributed by atoms with van der Waals surface area (Å²) in [4.78, 5) is 9.42. The van der Waals surface area contributed by atoms with Gasteiger partial charge in [-0.05, 0) is 47.5 Å². The van der Waals surface area contributed by atoms with Crippen molar-refractivity contribution < 1.29 is 0 Å². The minimum absolute atomic E-state index is 0.754. The highest BCUT2D eigenvalue weighted by Crippen LogP contribution is 2.29. The van der Waals surface area contributed by atoms with Gasteiger partial charge in [-0.1, -0.05) is 36.4 Å². The molecule has 0 aliphatic rings. The predicted octanol–water partition coefficient (Wildman–Crippen LogP) is 5.28. The van der Waals surface area contributed by atoms with E-state index >= 15 is 0 Å². The van der Waals surface area contributed by atoms with Crippen LogP contribution in [0.4, 0.5) is 11.4 Å². The zero-order valence-electron chi connectivity index (χ0n) is 15.1. The van der Waals surface area contributed by atoms with Gasteiger partial charge in [-0.15, -0.1) is 0 Å². The van der Waals surface area contributed by atoms with Crippen LogP contribution in [0.2, 0.25) is 0 Å². The zero-order chi connectivity index (χ0) is 19.1. The van der Waals surface area contributed by atoms with Crippen molar-refractivity contribution >= 4 is 33.2 Å². The number of nitrogen functional groups attached to an aromatic ring is 2. The lowest BCUT2D eigenvalue weighted by atomic mass is 10.0. The third-order valence-corrected chi connectivity index (χ3v) is 4.99. The fraction of sp³-hybridized carbons (Fsp3) is 0. The standard InChI is InChI=1S/C24H18N4/c25-21-7-3-15(4-8-21)19-11-17-1-2-18-12-20(16-5-9-22(26)10-6-16)14-28-24(18)23(17)27-13-19/h1-14H,25-26H2. The summed E-state index contributed by atoms with van der Waals surface area (Å²) in [5.74, 6) is 0. The first-order valence-corrected chi connectivity index (χ1v) is 9.08. The first kappa shape index (κ1) is 16.3. The number of nitrogens with two attached hydrogens (primary N) is 2. The number of pyridine rings is 2. The molecule has 28 heavy (non-hydrogen) atoms. The molecule has 0 atom stereocenters. The molecule has 5 rings (SSSR count). The highest BCUT2D eigenvalue weighted by Gasteiger charge is 2.08. The van der Waals surface area contributed by atoms with Crippen LogP contribution in [0.25, 0.3) is 44.1 Å². The Labute approximate surface area is 162 Å². The van der Waals surface area contributed by atoms with Crippen LogP contribution in [0.5, 0.6) is 0 Å². The molecule has 0 fully saturated rings. The van der Waals surface area contributed by atoms with E-state index in [2.05, 4.69) is 24.3 Å². The highest BCUT2D eigenvalue weighted by atomic mass is 14.7. The Hall–Kier alpha value is -3.92. The first-order valence-electron chi connectivity index (χ1n) is 9.08. The summed E-state index contributed by atoms with van der Waals surface area (Å²) in [6.07, 6.45) is 3.78. The summed E-state index contributed by atoms with van der Waals surface area (Å²) < 4.78 is 0. The monoisotopic (exact) mass is 362 g/mol. The SMILES string of the molecule is Nc1ccc(-c2cnc3c(ccc4cc(-c5ccc(N)cc5)cnc43)c2)cc1. The molecule has 0 aliphatic heterocycles. The summed E-state index contributed by atoms with van der Waals surface area (Å²) >= 11 is 0. The topological polar surface area (TPSA) is 77.8 Å². The molecular weight excluding hydrogens is 344 g/mol. The summed E-state index contributed by atoms with van der Waals surface area (Å²) in [5, 5.41) is 2.13. The summed E-state index contributed by atoms with van der Waals surface area (Å²) in [7, 11) is 0. The third-order valence-electron chi connectivity index (χ3n) is 4.99. The predicted molar refractivity (Wildman–Crippen MR) is 117 cm³/mol. The summed E-state index contributed by atoms with van der Waals surface area (Å²) in [5.41, 5.74) is 19.2. The van der Waals surface area contributed by atoms with Crippen molar-refractivity contribution in [1.82, 2.24) is 9.97 Å². The van der Waals surface area contributed by atoms with E-state index in [0.717, 1.165) is 55.4 Å². The lowest BCUT2D eigenvalue weighted by molar-refractivity contribution is 1.37. The molecule has 134 valence electrons. The number of rotatable bonds is 2. The molecule has 0 saturated carbocycles. The molecule has 4 nitrogen and oxygen atoms in total. The van der Waals surface area contributed by atoms with Gasteiger partial charge in [0, 0.05) is 45.7 Å². The third kappa shape index (κ3) is 2.81. The largest absolute Gasteiger partial charge is 0.399 e.